The lowest BCUT2D eigenvalue weighted by Crippen LogP contribution is -2.31. The van der Waals surface area contributed by atoms with Gasteiger partial charge in [-0.05, 0) is 27.6 Å². The molecule has 2 rings (SSSR count). The molecule has 0 aliphatic rings. The molecule has 0 N–H and O–H groups in total. The summed E-state index contributed by atoms with van der Waals surface area (Å²) in [4.78, 5) is 0. The molecule has 0 atom stereocenters. The van der Waals surface area contributed by atoms with Gasteiger partial charge in [-0.25, -0.2) is 4.39 Å². The molecule has 8 heteroatoms. The molecule has 1 aromatic carbocycles. The largest absolute Gasteiger partial charge is 0.322 e. The van der Waals surface area contributed by atoms with E-state index in [9.17, 15) is 12.8 Å². The number of hydrogen-bond acceptors (Lipinski definition) is 3. The summed E-state index contributed by atoms with van der Waals surface area (Å²) in [5, 5.41) is 3.85. The number of rotatable bonds is 4. The molecule has 0 bridgehead atoms. The van der Waals surface area contributed by atoms with Gasteiger partial charge in [-0.3, -0.25) is 0 Å². The van der Waals surface area contributed by atoms with Gasteiger partial charge in [0.15, 0.2) is 0 Å². The molecule has 5 nitrogen and oxygen atoms in total. The summed E-state index contributed by atoms with van der Waals surface area (Å²) in [7, 11) is -0.904. The minimum absolute atomic E-state index is 0.125. The zero-order valence-electron chi connectivity index (χ0n) is 10.9. The van der Waals surface area contributed by atoms with Gasteiger partial charge >= 0.3 is 10.2 Å². The summed E-state index contributed by atoms with van der Waals surface area (Å²) in [6.07, 6.45) is 1.51. The molecule has 108 valence electrons. The second-order valence-corrected chi connectivity index (χ2v) is 7.17. The Morgan fingerprint density at radius 1 is 1.35 bits per heavy atom. The molecule has 0 saturated heterocycles. The van der Waals surface area contributed by atoms with Crippen molar-refractivity contribution in [1.82, 2.24) is 13.5 Å². The lowest BCUT2D eigenvalue weighted by Gasteiger charge is -2.14. The van der Waals surface area contributed by atoms with Crippen LogP contribution in [0.5, 0.6) is 0 Å². The molecule has 0 aliphatic heterocycles. The van der Waals surface area contributed by atoms with Crippen molar-refractivity contribution in [2.45, 2.75) is 6.42 Å². The maximum atomic E-state index is 13.7. The third-order valence-corrected chi connectivity index (χ3v) is 5.12. The Morgan fingerprint density at radius 2 is 2.00 bits per heavy atom. The summed E-state index contributed by atoms with van der Waals surface area (Å²) < 4.78 is 40.5. The van der Waals surface area contributed by atoms with Crippen molar-refractivity contribution in [1.29, 1.82) is 0 Å². The minimum atomic E-state index is -3.73. The van der Waals surface area contributed by atoms with Crippen molar-refractivity contribution >= 4 is 26.1 Å². The van der Waals surface area contributed by atoms with Crippen LogP contribution in [0.4, 0.5) is 4.39 Å². The standard InChI is InChI=1S/C12H13BrFN3O2S/c1-16(2)20(18,19)17-12(10(13)8-15-17)7-9-5-3-4-6-11(9)14/h3-6,8H,7H2,1-2H3. The summed E-state index contributed by atoms with van der Waals surface area (Å²) in [6, 6.07) is 6.24. The first kappa shape index (κ1) is 15.1. The van der Waals surface area contributed by atoms with E-state index in [0.29, 0.717) is 15.7 Å². The van der Waals surface area contributed by atoms with E-state index >= 15 is 0 Å². The highest BCUT2D eigenvalue weighted by atomic mass is 79.9. The summed E-state index contributed by atoms with van der Waals surface area (Å²) in [5.41, 5.74) is 0.785. The molecule has 0 spiro atoms. The first-order valence-corrected chi connectivity index (χ1v) is 7.92. The maximum Gasteiger partial charge on any atom is 0.322 e. The predicted molar refractivity (Wildman–Crippen MR) is 77.1 cm³/mol. The zero-order chi connectivity index (χ0) is 14.9. The smallest absolute Gasteiger partial charge is 0.207 e. The molecule has 20 heavy (non-hydrogen) atoms. The average molecular weight is 362 g/mol. The third-order valence-electron chi connectivity index (χ3n) is 2.78. The van der Waals surface area contributed by atoms with Gasteiger partial charge in [0.2, 0.25) is 0 Å². The quantitative estimate of drug-likeness (QED) is 0.837. The monoisotopic (exact) mass is 361 g/mol. The Bertz CT molecular complexity index is 728. The van der Waals surface area contributed by atoms with Crippen LogP contribution in [-0.2, 0) is 16.6 Å². The zero-order valence-corrected chi connectivity index (χ0v) is 13.3. The van der Waals surface area contributed by atoms with Gasteiger partial charge in [-0.1, -0.05) is 18.2 Å². The van der Waals surface area contributed by atoms with Crippen LogP contribution in [0.25, 0.3) is 0 Å². The molecular formula is C12H13BrFN3O2S. The highest BCUT2D eigenvalue weighted by Gasteiger charge is 2.23. The van der Waals surface area contributed by atoms with E-state index < -0.39 is 10.2 Å². The van der Waals surface area contributed by atoms with Crippen LogP contribution in [-0.4, -0.2) is 36.0 Å². The summed E-state index contributed by atoms with van der Waals surface area (Å²) in [5.74, 6) is -0.380. The molecule has 0 unspecified atom stereocenters. The molecule has 2 aromatic rings. The second kappa shape index (κ2) is 5.63. The van der Waals surface area contributed by atoms with E-state index in [4.69, 9.17) is 0 Å². The number of hydrogen-bond donors (Lipinski definition) is 0. The second-order valence-electron chi connectivity index (χ2n) is 4.34. The van der Waals surface area contributed by atoms with Crippen LogP contribution < -0.4 is 0 Å². The van der Waals surface area contributed by atoms with Crippen molar-refractivity contribution in [3.8, 4) is 0 Å². The lowest BCUT2D eigenvalue weighted by molar-refractivity contribution is 0.501. The van der Waals surface area contributed by atoms with E-state index in [1.165, 1.54) is 26.4 Å². The van der Waals surface area contributed by atoms with E-state index in [1.54, 1.807) is 18.2 Å². The Hall–Kier alpha value is -1.25. The molecule has 1 aromatic heterocycles. The van der Waals surface area contributed by atoms with E-state index in [2.05, 4.69) is 21.0 Å². The predicted octanol–water partition coefficient (Wildman–Crippen LogP) is 2.03. The van der Waals surface area contributed by atoms with Gasteiger partial charge in [-0.15, -0.1) is 4.09 Å². The average Bonchev–Trinajstić information content (AvgIpc) is 2.74. The van der Waals surface area contributed by atoms with Gasteiger partial charge in [0.25, 0.3) is 0 Å². The third kappa shape index (κ3) is 2.77. The topological polar surface area (TPSA) is 55.2 Å². The van der Waals surface area contributed by atoms with Crippen LogP contribution in [0.3, 0.4) is 0 Å². The highest BCUT2D eigenvalue weighted by molar-refractivity contribution is 9.10. The SMILES string of the molecule is CN(C)S(=O)(=O)n1ncc(Br)c1Cc1ccccc1F. The molecule has 0 radical (unpaired) electrons. The lowest BCUT2D eigenvalue weighted by atomic mass is 10.1. The van der Waals surface area contributed by atoms with Crippen LogP contribution in [0.1, 0.15) is 11.3 Å². The molecule has 0 amide bonds. The van der Waals surface area contributed by atoms with Crippen molar-refractivity contribution in [2.24, 2.45) is 0 Å². The van der Waals surface area contributed by atoms with Gasteiger partial charge in [0.1, 0.15) is 5.82 Å². The van der Waals surface area contributed by atoms with Crippen LogP contribution >= 0.6 is 15.9 Å². The van der Waals surface area contributed by atoms with E-state index in [1.807, 2.05) is 0 Å². The van der Waals surface area contributed by atoms with Gasteiger partial charge in [-0.2, -0.15) is 17.8 Å². The minimum Gasteiger partial charge on any atom is -0.207 e. The summed E-state index contributed by atoms with van der Waals surface area (Å²) >= 11 is 3.25. The molecule has 0 fully saturated rings. The van der Waals surface area contributed by atoms with Crippen LogP contribution in [0, 0.1) is 5.82 Å². The van der Waals surface area contributed by atoms with E-state index in [-0.39, 0.29) is 12.2 Å². The van der Waals surface area contributed by atoms with Gasteiger partial charge < -0.3 is 0 Å². The number of halogens is 2. The molecular weight excluding hydrogens is 349 g/mol. The fourth-order valence-electron chi connectivity index (χ4n) is 1.67. The normalized spacial score (nSPS) is 12.1. The van der Waals surface area contributed by atoms with Crippen molar-refractivity contribution in [2.75, 3.05) is 14.1 Å². The molecule has 0 saturated carbocycles. The van der Waals surface area contributed by atoms with Crippen molar-refractivity contribution in [3.63, 3.8) is 0 Å². The first-order valence-electron chi connectivity index (χ1n) is 5.73. The Labute approximate surface area is 125 Å². The summed E-state index contributed by atoms with van der Waals surface area (Å²) in [6.45, 7) is 0. The first-order chi connectivity index (χ1) is 9.34. The van der Waals surface area contributed by atoms with Crippen LogP contribution in [0.2, 0.25) is 0 Å². The fourth-order valence-corrected chi connectivity index (χ4v) is 3.10. The number of benzene rings is 1. The number of nitrogens with zero attached hydrogens (tertiary/aromatic N) is 3. The highest BCUT2D eigenvalue weighted by Crippen LogP contribution is 2.22. The van der Waals surface area contributed by atoms with Crippen LogP contribution in [0.15, 0.2) is 34.9 Å². The Kier molecular flexibility index (Phi) is 4.26. The number of aromatic nitrogens is 2. The Balaban J connectivity index is 2.49. The van der Waals surface area contributed by atoms with Gasteiger partial charge in [0, 0.05) is 20.5 Å². The maximum absolute atomic E-state index is 13.7. The molecule has 0 aliphatic carbocycles. The van der Waals surface area contributed by atoms with Crippen molar-refractivity contribution in [3.05, 3.63) is 52.0 Å². The fraction of sp³-hybridized carbons (Fsp3) is 0.250. The van der Waals surface area contributed by atoms with Crippen molar-refractivity contribution < 1.29 is 12.8 Å². The molecule has 1 heterocycles. The van der Waals surface area contributed by atoms with Gasteiger partial charge in [0.05, 0.1) is 16.4 Å². The van der Waals surface area contributed by atoms with E-state index in [0.717, 1.165) is 8.39 Å². The Morgan fingerprint density at radius 3 is 2.60 bits per heavy atom.